The molecule has 2 rings (SSSR count). The summed E-state index contributed by atoms with van der Waals surface area (Å²) in [7, 11) is 0. The molecule has 4 nitrogen and oxygen atoms in total. The molecule has 98 valence electrons. The van der Waals surface area contributed by atoms with E-state index in [2.05, 4.69) is 0 Å². The molecule has 18 heavy (non-hydrogen) atoms. The van der Waals surface area contributed by atoms with Crippen LogP contribution in [0.5, 0.6) is 0 Å². The van der Waals surface area contributed by atoms with Crippen molar-refractivity contribution in [2.24, 2.45) is 11.7 Å². The van der Waals surface area contributed by atoms with E-state index in [4.69, 9.17) is 15.2 Å². The van der Waals surface area contributed by atoms with Gasteiger partial charge in [-0.2, -0.15) is 0 Å². The van der Waals surface area contributed by atoms with Crippen LogP contribution < -0.4 is 5.73 Å². The van der Waals surface area contributed by atoms with Crippen LogP contribution in [0.3, 0.4) is 0 Å². The smallest absolute Gasteiger partial charge is 0.338 e. The molecule has 0 saturated carbocycles. The van der Waals surface area contributed by atoms with Gasteiger partial charge in [0, 0.05) is 12.5 Å². The van der Waals surface area contributed by atoms with Crippen LogP contribution in [0.25, 0.3) is 0 Å². The summed E-state index contributed by atoms with van der Waals surface area (Å²) < 4.78 is 10.5. The van der Waals surface area contributed by atoms with E-state index in [0.717, 1.165) is 25.0 Å². The maximum atomic E-state index is 11.9. The van der Waals surface area contributed by atoms with Gasteiger partial charge in [-0.05, 0) is 37.1 Å². The lowest BCUT2D eigenvalue weighted by Gasteiger charge is -2.09. The molecule has 1 aliphatic rings. The van der Waals surface area contributed by atoms with Crippen molar-refractivity contribution in [3.63, 3.8) is 0 Å². The quantitative estimate of drug-likeness (QED) is 0.801. The van der Waals surface area contributed by atoms with Crippen molar-refractivity contribution in [2.75, 3.05) is 26.4 Å². The lowest BCUT2D eigenvalue weighted by atomic mass is 10.1. The predicted octanol–water partition coefficient (Wildman–Crippen LogP) is 1.38. The van der Waals surface area contributed by atoms with Crippen molar-refractivity contribution in [3.8, 4) is 0 Å². The number of benzene rings is 1. The molecule has 1 atom stereocenters. The molecule has 0 radical (unpaired) electrons. The Labute approximate surface area is 107 Å². The van der Waals surface area contributed by atoms with Crippen molar-refractivity contribution in [3.05, 3.63) is 35.4 Å². The third-order valence-corrected chi connectivity index (χ3v) is 3.07. The largest absolute Gasteiger partial charge is 0.462 e. The number of hydrogen-bond acceptors (Lipinski definition) is 4. The second kappa shape index (κ2) is 6.52. The Balaban J connectivity index is 1.89. The summed E-state index contributed by atoms with van der Waals surface area (Å²) in [5, 5.41) is 0. The van der Waals surface area contributed by atoms with Crippen molar-refractivity contribution < 1.29 is 14.3 Å². The first-order valence-electron chi connectivity index (χ1n) is 6.33. The lowest BCUT2D eigenvalue weighted by molar-refractivity contribution is 0.0428. The molecule has 0 aliphatic carbocycles. The molecule has 2 N–H and O–H groups in total. The van der Waals surface area contributed by atoms with Gasteiger partial charge in [0.05, 0.1) is 18.8 Å². The molecule has 0 bridgehead atoms. The first-order valence-corrected chi connectivity index (χ1v) is 6.33. The Kier molecular flexibility index (Phi) is 4.73. The van der Waals surface area contributed by atoms with Crippen LogP contribution in [-0.2, 0) is 15.9 Å². The monoisotopic (exact) mass is 249 g/mol. The van der Waals surface area contributed by atoms with Crippen molar-refractivity contribution >= 4 is 5.97 Å². The number of carbonyl (C=O) groups is 1. The Morgan fingerprint density at radius 2 is 2.39 bits per heavy atom. The highest BCUT2D eigenvalue weighted by Crippen LogP contribution is 2.14. The summed E-state index contributed by atoms with van der Waals surface area (Å²) >= 11 is 0. The summed E-state index contributed by atoms with van der Waals surface area (Å²) in [4.78, 5) is 11.9. The fraction of sp³-hybridized carbons (Fsp3) is 0.500. The standard InChI is InChI=1S/C14H19NO3/c15-6-4-11-2-1-3-13(8-11)14(16)18-10-12-5-7-17-9-12/h1-3,8,12H,4-7,9-10,15H2. The Morgan fingerprint density at radius 1 is 1.50 bits per heavy atom. The van der Waals surface area contributed by atoms with Gasteiger partial charge >= 0.3 is 5.97 Å². The van der Waals surface area contributed by atoms with E-state index < -0.39 is 0 Å². The van der Waals surface area contributed by atoms with Crippen molar-refractivity contribution in [2.45, 2.75) is 12.8 Å². The van der Waals surface area contributed by atoms with E-state index in [0.29, 0.717) is 31.2 Å². The van der Waals surface area contributed by atoms with E-state index in [1.165, 1.54) is 0 Å². The van der Waals surface area contributed by atoms with Crippen LogP contribution >= 0.6 is 0 Å². The second-order valence-electron chi connectivity index (χ2n) is 4.57. The first kappa shape index (κ1) is 13.1. The number of rotatable bonds is 5. The molecule has 1 aromatic rings. The molecular weight excluding hydrogens is 230 g/mol. The molecular formula is C14H19NO3. The number of nitrogens with two attached hydrogens (primary N) is 1. The minimum absolute atomic E-state index is 0.263. The zero-order chi connectivity index (χ0) is 12.8. The normalized spacial score (nSPS) is 18.8. The second-order valence-corrected chi connectivity index (χ2v) is 4.57. The third kappa shape index (κ3) is 3.55. The average Bonchev–Trinajstić information content (AvgIpc) is 2.90. The van der Waals surface area contributed by atoms with Gasteiger partial charge in [0.2, 0.25) is 0 Å². The molecule has 0 amide bonds. The van der Waals surface area contributed by atoms with Gasteiger partial charge < -0.3 is 15.2 Å². The Bertz CT molecular complexity index is 400. The predicted molar refractivity (Wildman–Crippen MR) is 68.4 cm³/mol. The lowest BCUT2D eigenvalue weighted by Crippen LogP contribution is -2.14. The fourth-order valence-electron chi connectivity index (χ4n) is 2.01. The van der Waals surface area contributed by atoms with Gasteiger partial charge in [0.25, 0.3) is 0 Å². The van der Waals surface area contributed by atoms with Gasteiger partial charge in [-0.1, -0.05) is 12.1 Å². The van der Waals surface area contributed by atoms with Crippen molar-refractivity contribution in [1.82, 2.24) is 0 Å². The Hall–Kier alpha value is -1.39. The van der Waals surface area contributed by atoms with Crippen LogP contribution in [0.2, 0.25) is 0 Å². The Morgan fingerprint density at radius 3 is 3.11 bits per heavy atom. The first-order chi connectivity index (χ1) is 8.79. The minimum Gasteiger partial charge on any atom is -0.462 e. The molecule has 1 aromatic carbocycles. The summed E-state index contributed by atoms with van der Waals surface area (Å²) in [6.45, 7) is 2.49. The maximum absolute atomic E-state index is 11.9. The molecule has 0 aromatic heterocycles. The number of hydrogen-bond donors (Lipinski definition) is 1. The zero-order valence-electron chi connectivity index (χ0n) is 10.4. The van der Waals surface area contributed by atoms with Crippen LogP contribution in [-0.4, -0.2) is 32.3 Å². The van der Waals surface area contributed by atoms with Gasteiger partial charge in [-0.15, -0.1) is 0 Å². The van der Waals surface area contributed by atoms with Gasteiger partial charge in [-0.3, -0.25) is 0 Å². The molecule has 1 saturated heterocycles. The summed E-state index contributed by atoms with van der Waals surface area (Å²) in [5.74, 6) is 0.0851. The van der Waals surface area contributed by atoms with E-state index >= 15 is 0 Å². The van der Waals surface area contributed by atoms with E-state index in [9.17, 15) is 4.79 Å². The minimum atomic E-state index is -0.263. The van der Waals surface area contributed by atoms with Crippen LogP contribution in [0.15, 0.2) is 24.3 Å². The van der Waals surface area contributed by atoms with E-state index in [1.807, 2.05) is 18.2 Å². The SMILES string of the molecule is NCCc1cccc(C(=O)OCC2CCOC2)c1. The highest BCUT2D eigenvalue weighted by atomic mass is 16.5. The van der Waals surface area contributed by atoms with Crippen LogP contribution in [0.1, 0.15) is 22.3 Å². The summed E-state index contributed by atoms with van der Waals surface area (Å²) in [6.07, 6.45) is 1.75. The maximum Gasteiger partial charge on any atom is 0.338 e. The number of ether oxygens (including phenoxy) is 2. The van der Waals surface area contributed by atoms with Gasteiger partial charge in [-0.25, -0.2) is 4.79 Å². The summed E-state index contributed by atoms with van der Waals surface area (Å²) in [6, 6.07) is 7.45. The molecule has 1 fully saturated rings. The highest BCUT2D eigenvalue weighted by molar-refractivity contribution is 5.89. The van der Waals surface area contributed by atoms with Crippen molar-refractivity contribution in [1.29, 1.82) is 0 Å². The zero-order valence-corrected chi connectivity index (χ0v) is 10.4. The molecule has 1 heterocycles. The van der Waals surface area contributed by atoms with Gasteiger partial charge in [0.15, 0.2) is 0 Å². The van der Waals surface area contributed by atoms with Crippen LogP contribution in [0, 0.1) is 5.92 Å². The third-order valence-electron chi connectivity index (χ3n) is 3.07. The van der Waals surface area contributed by atoms with E-state index in [1.54, 1.807) is 6.07 Å². The molecule has 1 unspecified atom stereocenters. The fourth-order valence-corrected chi connectivity index (χ4v) is 2.01. The molecule has 1 aliphatic heterocycles. The highest BCUT2D eigenvalue weighted by Gasteiger charge is 2.18. The number of carbonyl (C=O) groups excluding carboxylic acids is 1. The topological polar surface area (TPSA) is 61.6 Å². The van der Waals surface area contributed by atoms with Crippen LogP contribution in [0.4, 0.5) is 0 Å². The molecule has 0 spiro atoms. The summed E-state index contributed by atoms with van der Waals surface area (Å²) in [5.41, 5.74) is 7.16. The number of esters is 1. The average molecular weight is 249 g/mol. The van der Waals surface area contributed by atoms with E-state index in [-0.39, 0.29) is 5.97 Å². The van der Waals surface area contributed by atoms with Gasteiger partial charge in [0.1, 0.15) is 0 Å². The molecule has 4 heteroatoms.